The molecule has 0 aromatic heterocycles. The van der Waals surface area contributed by atoms with Gasteiger partial charge in [-0.1, -0.05) is 15.9 Å². The predicted molar refractivity (Wildman–Crippen MR) is 57.3 cm³/mol. The topological polar surface area (TPSA) is 106 Å². The quantitative estimate of drug-likeness (QED) is 0.217. The molecule has 0 saturated heterocycles. The van der Waals surface area contributed by atoms with Gasteiger partial charge in [0.1, 0.15) is 11.4 Å². The minimum absolute atomic E-state index is 0.0161. The molecular weight excluding hydrogens is 268 g/mol. The summed E-state index contributed by atoms with van der Waals surface area (Å²) < 4.78 is 0. The number of nitrogen functional groups attached to an aromatic ring is 1. The van der Waals surface area contributed by atoms with Crippen LogP contribution in [0.25, 0.3) is 0 Å². The highest BCUT2D eigenvalue weighted by Crippen LogP contribution is 2.30. The van der Waals surface area contributed by atoms with E-state index in [1.54, 1.807) is 0 Å². The number of nitrogens with two attached hydrogens (primary N) is 1. The molecule has 1 aromatic carbocycles. The lowest BCUT2D eigenvalue weighted by Crippen LogP contribution is -2.07. The molecule has 6 nitrogen and oxygen atoms in total. The highest BCUT2D eigenvalue weighted by atomic mass is 79.9. The Hall–Kier alpha value is -1.63. The number of hydrogen-bond donors (Lipinski definition) is 2. The van der Waals surface area contributed by atoms with E-state index < -0.39 is 16.4 Å². The maximum Gasteiger partial charge on any atom is 0.296 e. The van der Waals surface area contributed by atoms with Crippen molar-refractivity contribution in [2.75, 3.05) is 11.1 Å². The summed E-state index contributed by atoms with van der Waals surface area (Å²) in [5.74, 6) is -0.785. The van der Waals surface area contributed by atoms with Gasteiger partial charge >= 0.3 is 0 Å². The van der Waals surface area contributed by atoms with Crippen LogP contribution in [0.15, 0.2) is 12.1 Å². The zero-order chi connectivity index (χ0) is 11.6. The van der Waals surface area contributed by atoms with Crippen LogP contribution in [0.1, 0.15) is 10.4 Å². The Balaban J connectivity index is 3.41. The summed E-state index contributed by atoms with van der Waals surface area (Å²) >= 11 is 2.92. The zero-order valence-corrected chi connectivity index (χ0v) is 9.02. The number of hydrogen-bond acceptors (Lipinski definition) is 5. The molecule has 80 valence electrons. The standard InChI is InChI=1S/C8H7BrN2O4/c9-3-7(13)5-1-4(12)2-6(8(5)10)11(14)15/h1-2,12H,3,10H2. The number of Topliss-reactive ketones (excluding diaryl/α,β-unsaturated/α-hetero) is 1. The second-order valence-corrected chi connectivity index (χ2v) is 3.30. The van der Waals surface area contributed by atoms with Gasteiger partial charge in [-0.25, -0.2) is 0 Å². The van der Waals surface area contributed by atoms with Crippen molar-refractivity contribution in [1.29, 1.82) is 0 Å². The van der Waals surface area contributed by atoms with Crippen LogP contribution >= 0.6 is 15.9 Å². The Kier molecular flexibility index (Phi) is 3.25. The Morgan fingerprint density at radius 2 is 2.20 bits per heavy atom. The summed E-state index contributed by atoms with van der Waals surface area (Å²) in [5, 5.41) is 19.7. The van der Waals surface area contributed by atoms with E-state index in [9.17, 15) is 20.0 Å². The molecule has 0 saturated carbocycles. The van der Waals surface area contributed by atoms with Crippen LogP contribution in [0.5, 0.6) is 5.75 Å². The number of carbonyl (C=O) groups excluding carboxylic acids is 1. The van der Waals surface area contributed by atoms with Crippen molar-refractivity contribution in [2.24, 2.45) is 0 Å². The Morgan fingerprint density at radius 1 is 1.60 bits per heavy atom. The fourth-order valence-corrected chi connectivity index (χ4v) is 1.38. The summed E-state index contributed by atoms with van der Waals surface area (Å²) in [7, 11) is 0. The minimum atomic E-state index is -0.750. The average Bonchev–Trinajstić information content (AvgIpc) is 2.19. The predicted octanol–water partition coefficient (Wildman–Crippen LogP) is 1.46. The van der Waals surface area contributed by atoms with Gasteiger partial charge in [0, 0.05) is 0 Å². The largest absolute Gasteiger partial charge is 0.508 e. The Labute approximate surface area is 93.0 Å². The lowest BCUT2D eigenvalue weighted by Gasteiger charge is -2.04. The summed E-state index contributed by atoms with van der Waals surface area (Å²) in [5.41, 5.74) is 4.67. The van der Waals surface area contributed by atoms with E-state index in [-0.39, 0.29) is 22.3 Å². The first-order valence-corrected chi connectivity index (χ1v) is 4.95. The molecule has 7 heteroatoms. The number of nitro groups is 1. The number of rotatable bonds is 3. The molecule has 1 aromatic rings. The number of alkyl halides is 1. The van der Waals surface area contributed by atoms with E-state index in [2.05, 4.69) is 15.9 Å². The number of phenols is 1. The van der Waals surface area contributed by atoms with Crippen LogP contribution in [-0.2, 0) is 0 Å². The van der Waals surface area contributed by atoms with Crippen LogP contribution in [0.2, 0.25) is 0 Å². The number of nitrogens with zero attached hydrogens (tertiary/aromatic N) is 1. The molecule has 1 rings (SSSR count). The lowest BCUT2D eigenvalue weighted by atomic mass is 10.1. The Morgan fingerprint density at radius 3 is 2.67 bits per heavy atom. The fraction of sp³-hybridized carbons (Fsp3) is 0.125. The van der Waals surface area contributed by atoms with Gasteiger partial charge in [-0.3, -0.25) is 14.9 Å². The van der Waals surface area contributed by atoms with E-state index in [0.29, 0.717) is 0 Å². The molecule has 0 bridgehead atoms. The molecule has 0 radical (unpaired) electrons. The Bertz CT molecular complexity index is 433. The highest BCUT2D eigenvalue weighted by molar-refractivity contribution is 9.09. The molecule has 0 amide bonds. The maximum atomic E-state index is 11.3. The number of phenolic OH excluding ortho intramolecular Hbond substituents is 1. The number of benzene rings is 1. The number of carbonyl (C=O) groups is 1. The first-order chi connectivity index (χ1) is 6.97. The third-order valence-corrected chi connectivity index (χ3v) is 2.27. The summed E-state index contributed by atoms with van der Waals surface area (Å²) in [4.78, 5) is 21.1. The molecule has 0 aliphatic carbocycles. The highest BCUT2D eigenvalue weighted by Gasteiger charge is 2.20. The number of aromatic hydroxyl groups is 1. The fourth-order valence-electron chi connectivity index (χ4n) is 1.08. The van der Waals surface area contributed by atoms with Crippen molar-refractivity contribution >= 4 is 33.1 Å². The molecular formula is C8H7BrN2O4. The molecule has 15 heavy (non-hydrogen) atoms. The third-order valence-electron chi connectivity index (χ3n) is 1.76. The van der Waals surface area contributed by atoms with E-state index in [1.807, 2.05) is 0 Å². The average molecular weight is 275 g/mol. The van der Waals surface area contributed by atoms with Crippen molar-refractivity contribution in [3.05, 3.63) is 27.8 Å². The second kappa shape index (κ2) is 4.26. The van der Waals surface area contributed by atoms with Gasteiger partial charge in [-0.15, -0.1) is 0 Å². The lowest BCUT2D eigenvalue weighted by molar-refractivity contribution is -0.384. The van der Waals surface area contributed by atoms with Crippen molar-refractivity contribution in [2.45, 2.75) is 0 Å². The minimum Gasteiger partial charge on any atom is -0.508 e. The molecule has 0 unspecified atom stereocenters. The van der Waals surface area contributed by atoms with E-state index >= 15 is 0 Å². The molecule has 0 aliphatic rings. The van der Waals surface area contributed by atoms with Gasteiger partial charge in [0.15, 0.2) is 5.78 Å². The summed E-state index contributed by atoms with van der Waals surface area (Å²) in [6.07, 6.45) is 0. The third kappa shape index (κ3) is 2.24. The second-order valence-electron chi connectivity index (χ2n) is 2.74. The van der Waals surface area contributed by atoms with Gasteiger partial charge in [-0.2, -0.15) is 0 Å². The maximum absolute atomic E-state index is 11.3. The number of ketones is 1. The summed E-state index contributed by atoms with van der Waals surface area (Å²) in [6.45, 7) is 0. The SMILES string of the molecule is Nc1c(C(=O)CBr)cc(O)cc1[N+](=O)[O-]. The van der Waals surface area contributed by atoms with Crippen LogP contribution in [-0.4, -0.2) is 21.1 Å². The first-order valence-electron chi connectivity index (χ1n) is 3.83. The molecule has 3 N–H and O–H groups in total. The van der Waals surface area contributed by atoms with Crippen LogP contribution in [0, 0.1) is 10.1 Å². The normalized spacial score (nSPS) is 9.93. The van der Waals surface area contributed by atoms with Crippen molar-refractivity contribution < 1.29 is 14.8 Å². The van der Waals surface area contributed by atoms with Crippen molar-refractivity contribution in [1.82, 2.24) is 0 Å². The number of halogens is 1. The molecule has 0 spiro atoms. The van der Waals surface area contributed by atoms with E-state index in [1.165, 1.54) is 0 Å². The van der Waals surface area contributed by atoms with Crippen LogP contribution < -0.4 is 5.73 Å². The van der Waals surface area contributed by atoms with E-state index in [0.717, 1.165) is 12.1 Å². The smallest absolute Gasteiger partial charge is 0.296 e. The summed E-state index contributed by atoms with van der Waals surface area (Å²) in [6, 6.07) is 2.01. The van der Waals surface area contributed by atoms with Gasteiger partial charge < -0.3 is 10.8 Å². The van der Waals surface area contributed by atoms with E-state index in [4.69, 9.17) is 5.73 Å². The van der Waals surface area contributed by atoms with Gasteiger partial charge in [0.2, 0.25) is 0 Å². The monoisotopic (exact) mass is 274 g/mol. The van der Waals surface area contributed by atoms with Crippen molar-refractivity contribution in [3.8, 4) is 5.75 Å². The van der Waals surface area contributed by atoms with Crippen molar-refractivity contribution in [3.63, 3.8) is 0 Å². The zero-order valence-electron chi connectivity index (χ0n) is 7.44. The van der Waals surface area contributed by atoms with Crippen LogP contribution in [0.4, 0.5) is 11.4 Å². The molecule has 0 fully saturated rings. The molecule has 0 heterocycles. The van der Waals surface area contributed by atoms with Gasteiger partial charge in [0.05, 0.1) is 21.9 Å². The first kappa shape index (κ1) is 11.4. The van der Waals surface area contributed by atoms with Crippen LogP contribution in [0.3, 0.4) is 0 Å². The molecule has 0 aliphatic heterocycles. The number of anilines is 1. The van der Waals surface area contributed by atoms with Gasteiger partial charge in [0.25, 0.3) is 5.69 Å². The molecule has 0 atom stereocenters. The number of nitro benzene ring substituents is 1. The van der Waals surface area contributed by atoms with Gasteiger partial charge in [-0.05, 0) is 6.07 Å².